The largest absolute Gasteiger partial charge is 0.511 e. The third kappa shape index (κ3) is 5.28. The molecule has 108 valence electrons. The zero-order chi connectivity index (χ0) is 14.3. The first-order valence-corrected chi connectivity index (χ1v) is 6.61. The van der Waals surface area contributed by atoms with Crippen molar-refractivity contribution in [2.75, 3.05) is 6.61 Å². The van der Waals surface area contributed by atoms with E-state index in [4.69, 9.17) is 14.9 Å². The van der Waals surface area contributed by atoms with Crippen molar-refractivity contribution in [2.24, 2.45) is 11.8 Å². The molecule has 0 spiro atoms. The highest BCUT2D eigenvalue weighted by Gasteiger charge is 2.28. The van der Waals surface area contributed by atoms with E-state index in [9.17, 15) is 9.59 Å². The van der Waals surface area contributed by atoms with E-state index < -0.39 is 12.4 Å². The topological polar surface area (TPSA) is 85.7 Å². The van der Waals surface area contributed by atoms with Crippen molar-refractivity contribution in [3.8, 4) is 0 Å². The van der Waals surface area contributed by atoms with Gasteiger partial charge in [-0.1, -0.05) is 0 Å². The molecule has 6 nitrogen and oxygen atoms in total. The number of ether oxygens (including phenoxy) is 3. The van der Waals surface area contributed by atoms with Crippen LogP contribution >= 0.6 is 0 Å². The van der Waals surface area contributed by atoms with Gasteiger partial charge in [0.1, 0.15) is 0 Å². The fourth-order valence-corrected chi connectivity index (χ4v) is 2.09. The van der Waals surface area contributed by atoms with Crippen molar-refractivity contribution >= 4 is 18.3 Å². The van der Waals surface area contributed by atoms with Gasteiger partial charge < -0.3 is 19.6 Å². The Balaban J connectivity index is 2.30. The molecule has 1 aliphatic carbocycles. The maximum Gasteiger partial charge on any atom is 0.511 e. The second kappa shape index (κ2) is 7.76. The van der Waals surface area contributed by atoms with Crippen LogP contribution in [-0.4, -0.2) is 31.2 Å². The molecule has 19 heavy (non-hydrogen) atoms. The average Bonchev–Trinajstić information content (AvgIpc) is 2.38. The molecule has 1 unspecified atom stereocenters. The Kier molecular flexibility index (Phi) is 6.32. The van der Waals surface area contributed by atoms with Gasteiger partial charge in [0, 0.05) is 6.92 Å². The predicted octanol–water partition coefficient (Wildman–Crippen LogP) is 2.50. The molecule has 1 rings (SSSR count). The number of nitrogens with one attached hydrogen (secondary N) is 1. The Morgan fingerprint density at radius 3 is 2.42 bits per heavy atom. The van der Waals surface area contributed by atoms with Crippen LogP contribution in [0.1, 0.15) is 39.5 Å². The lowest BCUT2D eigenvalue weighted by Gasteiger charge is -2.25. The van der Waals surface area contributed by atoms with Crippen LogP contribution in [0.3, 0.4) is 0 Å². The molecule has 1 N–H and O–H groups in total. The first-order chi connectivity index (χ1) is 9.06. The van der Waals surface area contributed by atoms with Crippen LogP contribution in [0.2, 0.25) is 0 Å². The van der Waals surface area contributed by atoms with E-state index >= 15 is 0 Å². The van der Waals surface area contributed by atoms with E-state index in [0.29, 0.717) is 12.8 Å². The summed E-state index contributed by atoms with van der Waals surface area (Å²) in [6.45, 7) is 3.37. The SMILES string of the molecule is CCOC(=O)OC(C)OC(=O)[C@H]1CC[C@H](C=N)CC1. The fourth-order valence-electron chi connectivity index (χ4n) is 2.09. The van der Waals surface area contributed by atoms with Gasteiger partial charge in [0.15, 0.2) is 0 Å². The summed E-state index contributed by atoms with van der Waals surface area (Å²) >= 11 is 0. The fraction of sp³-hybridized carbons (Fsp3) is 0.769. The number of carbonyl (C=O) groups excluding carboxylic acids is 2. The highest BCUT2D eigenvalue weighted by atomic mass is 16.8. The third-order valence-electron chi connectivity index (χ3n) is 3.15. The maximum atomic E-state index is 11.8. The summed E-state index contributed by atoms with van der Waals surface area (Å²) in [7, 11) is 0. The lowest BCUT2D eigenvalue weighted by Crippen LogP contribution is -2.29. The monoisotopic (exact) mass is 271 g/mol. The van der Waals surface area contributed by atoms with Gasteiger partial charge in [0.05, 0.1) is 12.5 Å². The summed E-state index contributed by atoms with van der Waals surface area (Å²) < 4.78 is 14.4. The van der Waals surface area contributed by atoms with Gasteiger partial charge in [-0.15, -0.1) is 0 Å². The normalized spacial score (nSPS) is 24.1. The number of hydrogen-bond acceptors (Lipinski definition) is 6. The van der Waals surface area contributed by atoms with Crippen LogP contribution in [0.5, 0.6) is 0 Å². The van der Waals surface area contributed by atoms with E-state index in [1.54, 1.807) is 6.92 Å². The van der Waals surface area contributed by atoms with E-state index in [1.807, 2.05) is 0 Å². The van der Waals surface area contributed by atoms with Crippen molar-refractivity contribution < 1.29 is 23.8 Å². The Labute approximate surface area is 112 Å². The quantitative estimate of drug-likeness (QED) is 0.471. The molecule has 1 fully saturated rings. The standard InChI is InChI=1S/C13H21NO5/c1-3-17-13(16)19-9(2)18-12(15)11-6-4-10(8-14)5-7-11/h8-11,14H,3-7H2,1-2H3/t9?,10-,11-. The van der Waals surface area contributed by atoms with Crippen molar-refractivity contribution in [1.29, 1.82) is 5.41 Å². The summed E-state index contributed by atoms with van der Waals surface area (Å²) in [5.74, 6) is -0.234. The molecule has 0 heterocycles. The highest BCUT2D eigenvalue weighted by molar-refractivity contribution is 5.73. The smallest absolute Gasteiger partial charge is 0.435 e. The van der Waals surface area contributed by atoms with Crippen LogP contribution in [-0.2, 0) is 19.0 Å². The van der Waals surface area contributed by atoms with Crippen molar-refractivity contribution in [3.63, 3.8) is 0 Å². The van der Waals surface area contributed by atoms with Crippen LogP contribution in [0, 0.1) is 17.2 Å². The van der Waals surface area contributed by atoms with Crippen LogP contribution in [0.4, 0.5) is 4.79 Å². The predicted molar refractivity (Wildman–Crippen MR) is 67.9 cm³/mol. The molecular formula is C13H21NO5. The van der Waals surface area contributed by atoms with Crippen LogP contribution in [0.15, 0.2) is 0 Å². The van der Waals surface area contributed by atoms with E-state index in [1.165, 1.54) is 13.1 Å². The van der Waals surface area contributed by atoms with Crippen molar-refractivity contribution in [3.05, 3.63) is 0 Å². The second-order valence-electron chi connectivity index (χ2n) is 4.58. The molecule has 1 saturated carbocycles. The Bertz CT molecular complexity index is 323. The van der Waals surface area contributed by atoms with Crippen molar-refractivity contribution in [1.82, 2.24) is 0 Å². The molecule has 0 aliphatic heterocycles. The molecule has 0 radical (unpaired) electrons. The molecule has 0 saturated heterocycles. The molecule has 1 atom stereocenters. The number of rotatable bonds is 5. The van der Waals surface area contributed by atoms with Gasteiger partial charge in [0.2, 0.25) is 6.29 Å². The van der Waals surface area contributed by atoms with Gasteiger partial charge in [-0.25, -0.2) is 4.79 Å². The van der Waals surface area contributed by atoms with Gasteiger partial charge in [-0.05, 0) is 44.7 Å². The highest BCUT2D eigenvalue weighted by Crippen LogP contribution is 2.28. The zero-order valence-electron chi connectivity index (χ0n) is 11.4. The molecule has 0 bridgehead atoms. The van der Waals surface area contributed by atoms with E-state index in [2.05, 4.69) is 4.74 Å². The Hall–Kier alpha value is -1.59. The van der Waals surface area contributed by atoms with Gasteiger partial charge in [-0.2, -0.15) is 0 Å². The van der Waals surface area contributed by atoms with Crippen LogP contribution in [0.25, 0.3) is 0 Å². The van der Waals surface area contributed by atoms with Crippen LogP contribution < -0.4 is 0 Å². The minimum Gasteiger partial charge on any atom is -0.435 e. The Morgan fingerprint density at radius 1 is 1.26 bits per heavy atom. The molecule has 6 heteroatoms. The third-order valence-corrected chi connectivity index (χ3v) is 3.15. The average molecular weight is 271 g/mol. The first kappa shape index (κ1) is 15.5. The Morgan fingerprint density at radius 2 is 1.89 bits per heavy atom. The summed E-state index contributed by atoms with van der Waals surface area (Å²) in [6, 6.07) is 0. The number of carbonyl (C=O) groups is 2. The minimum atomic E-state index is -0.938. The molecule has 0 aromatic rings. The second-order valence-corrected chi connectivity index (χ2v) is 4.58. The molecule has 1 aliphatic rings. The molecule has 0 aromatic carbocycles. The molecular weight excluding hydrogens is 250 g/mol. The van der Waals surface area contributed by atoms with E-state index in [-0.39, 0.29) is 24.4 Å². The van der Waals surface area contributed by atoms with Gasteiger partial charge >= 0.3 is 12.1 Å². The summed E-state index contributed by atoms with van der Waals surface area (Å²) in [5.41, 5.74) is 0. The molecule has 0 amide bonds. The minimum absolute atomic E-state index is 0.163. The van der Waals surface area contributed by atoms with Crippen molar-refractivity contribution in [2.45, 2.75) is 45.8 Å². The zero-order valence-corrected chi connectivity index (χ0v) is 11.4. The maximum absolute atomic E-state index is 11.8. The lowest BCUT2D eigenvalue weighted by atomic mass is 9.83. The lowest BCUT2D eigenvalue weighted by molar-refractivity contribution is -0.173. The number of hydrogen-bond donors (Lipinski definition) is 1. The van der Waals surface area contributed by atoms with Gasteiger partial charge in [-0.3, -0.25) is 4.79 Å². The van der Waals surface area contributed by atoms with E-state index in [0.717, 1.165) is 12.8 Å². The first-order valence-electron chi connectivity index (χ1n) is 6.61. The molecule has 0 aromatic heterocycles. The summed E-state index contributed by atoms with van der Waals surface area (Å²) in [6.07, 6.45) is 2.75. The summed E-state index contributed by atoms with van der Waals surface area (Å²) in [5, 5.41) is 7.19. The van der Waals surface area contributed by atoms with Gasteiger partial charge in [0.25, 0.3) is 0 Å². The summed E-state index contributed by atoms with van der Waals surface area (Å²) in [4.78, 5) is 22.9. The number of esters is 1.